The van der Waals surface area contributed by atoms with Crippen LogP contribution in [0.3, 0.4) is 0 Å². The lowest BCUT2D eigenvalue weighted by Crippen LogP contribution is -2.29. The molecule has 1 heterocycles. The fourth-order valence-electron chi connectivity index (χ4n) is 1.81. The number of carbonyl (C=O) groups excluding carboxylic acids is 2. The van der Waals surface area contributed by atoms with E-state index in [2.05, 4.69) is 10.4 Å². The summed E-state index contributed by atoms with van der Waals surface area (Å²) in [5, 5.41) is 6.87. The van der Waals surface area contributed by atoms with Gasteiger partial charge in [-0.2, -0.15) is 5.10 Å². The summed E-state index contributed by atoms with van der Waals surface area (Å²) in [6.45, 7) is 1.97. The van der Waals surface area contributed by atoms with Crippen LogP contribution in [-0.4, -0.2) is 47.4 Å². The highest BCUT2D eigenvalue weighted by molar-refractivity contribution is 6.00. The molecule has 0 aliphatic heterocycles. The van der Waals surface area contributed by atoms with Crippen LogP contribution in [0.25, 0.3) is 5.69 Å². The molecule has 0 atom stereocenters. The number of ether oxygens (including phenoxy) is 1. The van der Waals surface area contributed by atoms with Gasteiger partial charge < -0.3 is 9.64 Å². The molecule has 2 amide bonds. The molecule has 2 rings (SSSR count). The van der Waals surface area contributed by atoms with Crippen LogP contribution in [-0.2, 0) is 4.74 Å². The van der Waals surface area contributed by atoms with Crippen LogP contribution in [0.15, 0.2) is 36.5 Å². The van der Waals surface area contributed by atoms with E-state index < -0.39 is 5.97 Å². The Balaban J connectivity index is 2.46. The van der Waals surface area contributed by atoms with Crippen molar-refractivity contribution >= 4 is 17.8 Å². The van der Waals surface area contributed by atoms with E-state index in [0.29, 0.717) is 0 Å². The molecule has 0 bridgehead atoms. The maximum absolute atomic E-state index is 12.0. The van der Waals surface area contributed by atoms with Gasteiger partial charge in [0.25, 0.3) is 0 Å². The fourth-order valence-corrected chi connectivity index (χ4v) is 1.81. The second kappa shape index (κ2) is 6.75. The van der Waals surface area contributed by atoms with E-state index >= 15 is 0 Å². The fraction of sp³-hybridized carbons (Fsp3) is 0.267. The molecule has 7 heteroatoms. The first-order valence-electron chi connectivity index (χ1n) is 6.83. The molecule has 7 nitrogen and oxygen atoms in total. The first kappa shape index (κ1) is 15.6. The third-order valence-electron chi connectivity index (χ3n) is 2.90. The summed E-state index contributed by atoms with van der Waals surface area (Å²) >= 11 is 0. The number of aromatic nitrogens is 2. The van der Waals surface area contributed by atoms with Crippen LogP contribution in [0.2, 0.25) is 0 Å². The lowest BCUT2D eigenvalue weighted by Gasteiger charge is -2.14. The van der Waals surface area contributed by atoms with E-state index in [4.69, 9.17) is 4.74 Å². The highest BCUT2D eigenvalue weighted by Gasteiger charge is 2.21. The molecule has 0 saturated heterocycles. The molecule has 0 radical (unpaired) electrons. The maximum Gasteiger partial charge on any atom is 0.343 e. The third kappa shape index (κ3) is 3.25. The number of nitrogens with zero attached hydrogens (tertiary/aromatic N) is 3. The Morgan fingerprint density at radius 3 is 2.55 bits per heavy atom. The number of hydrogen-bond donors (Lipinski definition) is 1. The number of benzene rings is 1. The number of nitrogens with one attached hydrogen (secondary N) is 1. The van der Waals surface area contributed by atoms with Crippen molar-refractivity contribution in [2.45, 2.75) is 6.92 Å². The maximum atomic E-state index is 12.0. The van der Waals surface area contributed by atoms with E-state index in [1.54, 1.807) is 21.0 Å². The van der Waals surface area contributed by atoms with E-state index in [9.17, 15) is 9.59 Å². The summed E-state index contributed by atoms with van der Waals surface area (Å²) in [5.41, 5.74) is 0.938. The summed E-state index contributed by atoms with van der Waals surface area (Å²) in [6.07, 6.45) is 1.39. The number of esters is 1. The Labute approximate surface area is 128 Å². The molecule has 0 spiro atoms. The molecule has 2 aromatic rings. The molecule has 0 aliphatic rings. The summed E-state index contributed by atoms with van der Waals surface area (Å²) in [4.78, 5) is 25.3. The Hall–Kier alpha value is -2.83. The van der Waals surface area contributed by atoms with Crippen LogP contribution in [0.5, 0.6) is 0 Å². The highest BCUT2D eigenvalue weighted by atomic mass is 16.5. The van der Waals surface area contributed by atoms with Gasteiger partial charge in [0.15, 0.2) is 5.82 Å². The molecule has 0 unspecified atom stereocenters. The lowest BCUT2D eigenvalue weighted by molar-refractivity contribution is 0.0527. The normalized spacial score (nSPS) is 10.1. The van der Waals surface area contributed by atoms with Gasteiger partial charge in [0.05, 0.1) is 18.5 Å². The monoisotopic (exact) mass is 302 g/mol. The zero-order valence-corrected chi connectivity index (χ0v) is 12.7. The summed E-state index contributed by atoms with van der Waals surface area (Å²) in [6, 6.07) is 8.86. The minimum absolute atomic E-state index is 0.209. The molecule has 1 aromatic heterocycles. The Morgan fingerprint density at radius 1 is 1.27 bits per heavy atom. The second-order valence-electron chi connectivity index (χ2n) is 4.70. The van der Waals surface area contributed by atoms with Crippen molar-refractivity contribution in [2.24, 2.45) is 0 Å². The van der Waals surface area contributed by atoms with Gasteiger partial charge in [-0.1, -0.05) is 18.2 Å². The zero-order chi connectivity index (χ0) is 16.1. The topological polar surface area (TPSA) is 76.5 Å². The molecule has 1 aromatic carbocycles. The van der Waals surface area contributed by atoms with Gasteiger partial charge in [0, 0.05) is 14.1 Å². The smallest absolute Gasteiger partial charge is 0.343 e. The van der Waals surface area contributed by atoms with Gasteiger partial charge in [-0.15, -0.1) is 0 Å². The van der Waals surface area contributed by atoms with Crippen molar-refractivity contribution in [1.82, 2.24) is 14.7 Å². The minimum atomic E-state index is -0.529. The minimum Gasteiger partial charge on any atom is -0.462 e. The molecule has 0 aliphatic carbocycles. The molecule has 0 fully saturated rings. The van der Waals surface area contributed by atoms with Gasteiger partial charge in [-0.3, -0.25) is 5.32 Å². The van der Waals surface area contributed by atoms with Crippen molar-refractivity contribution in [3.63, 3.8) is 0 Å². The van der Waals surface area contributed by atoms with Crippen molar-refractivity contribution in [1.29, 1.82) is 0 Å². The molecule has 0 saturated carbocycles. The molecule has 1 N–H and O–H groups in total. The molecular formula is C15H18N4O3. The van der Waals surface area contributed by atoms with E-state index in [-0.39, 0.29) is 24.0 Å². The van der Waals surface area contributed by atoms with E-state index in [1.807, 2.05) is 30.3 Å². The van der Waals surface area contributed by atoms with Gasteiger partial charge in [-0.25, -0.2) is 14.3 Å². The second-order valence-corrected chi connectivity index (χ2v) is 4.70. The van der Waals surface area contributed by atoms with Gasteiger partial charge in [-0.05, 0) is 19.1 Å². The van der Waals surface area contributed by atoms with Crippen LogP contribution in [0.4, 0.5) is 10.6 Å². The Morgan fingerprint density at radius 2 is 1.95 bits per heavy atom. The van der Waals surface area contributed by atoms with Crippen molar-refractivity contribution in [2.75, 3.05) is 26.0 Å². The first-order valence-corrected chi connectivity index (χ1v) is 6.83. The number of amides is 2. The number of hydrogen-bond acceptors (Lipinski definition) is 4. The summed E-state index contributed by atoms with van der Waals surface area (Å²) < 4.78 is 6.50. The first-order chi connectivity index (χ1) is 10.5. The predicted octanol–water partition coefficient (Wildman–Crippen LogP) is 2.14. The Bertz CT molecular complexity index is 665. The lowest BCUT2D eigenvalue weighted by atomic mass is 10.3. The van der Waals surface area contributed by atoms with Crippen LogP contribution in [0.1, 0.15) is 17.3 Å². The third-order valence-corrected chi connectivity index (χ3v) is 2.90. The molecule has 116 valence electrons. The summed E-state index contributed by atoms with van der Waals surface area (Å²) in [5.74, 6) is -0.248. The van der Waals surface area contributed by atoms with Crippen molar-refractivity contribution < 1.29 is 14.3 Å². The standard InChI is InChI=1S/C15H18N4O3/c1-4-22-14(20)12-10-16-19(11-8-6-5-7-9-11)13(12)17-15(21)18(2)3/h5-10H,4H2,1-3H3,(H,17,21). The average Bonchev–Trinajstić information content (AvgIpc) is 2.92. The van der Waals surface area contributed by atoms with Crippen LogP contribution in [0, 0.1) is 0 Å². The number of urea groups is 1. The SMILES string of the molecule is CCOC(=O)c1cnn(-c2ccccc2)c1NC(=O)N(C)C. The van der Waals surface area contributed by atoms with E-state index in [1.165, 1.54) is 15.8 Å². The average molecular weight is 302 g/mol. The zero-order valence-electron chi connectivity index (χ0n) is 12.7. The number of anilines is 1. The molecule has 22 heavy (non-hydrogen) atoms. The van der Waals surface area contributed by atoms with Gasteiger partial charge in [0.1, 0.15) is 5.56 Å². The van der Waals surface area contributed by atoms with E-state index in [0.717, 1.165) is 5.69 Å². The number of para-hydroxylation sites is 1. The van der Waals surface area contributed by atoms with Crippen molar-refractivity contribution in [3.8, 4) is 5.69 Å². The highest BCUT2D eigenvalue weighted by Crippen LogP contribution is 2.21. The summed E-state index contributed by atoms with van der Waals surface area (Å²) in [7, 11) is 3.23. The predicted molar refractivity (Wildman–Crippen MR) is 82.2 cm³/mol. The van der Waals surface area contributed by atoms with Gasteiger partial charge in [0.2, 0.25) is 0 Å². The van der Waals surface area contributed by atoms with Crippen LogP contribution < -0.4 is 5.32 Å². The molecular weight excluding hydrogens is 284 g/mol. The van der Waals surface area contributed by atoms with Crippen LogP contribution >= 0.6 is 0 Å². The Kier molecular flexibility index (Phi) is 4.77. The largest absolute Gasteiger partial charge is 0.462 e. The number of carbonyl (C=O) groups is 2. The van der Waals surface area contributed by atoms with Gasteiger partial charge >= 0.3 is 12.0 Å². The number of rotatable bonds is 4. The van der Waals surface area contributed by atoms with Crippen molar-refractivity contribution in [3.05, 3.63) is 42.1 Å². The quantitative estimate of drug-likeness (QED) is 0.878.